The molecule has 1 aromatic heterocycles. The van der Waals surface area contributed by atoms with E-state index in [1.54, 1.807) is 0 Å². The van der Waals surface area contributed by atoms with Crippen LogP contribution in [0.4, 0.5) is 0 Å². The first-order chi connectivity index (χ1) is 13.2. The topological polar surface area (TPSA) is 70.5 Å². The minimum Gasteiger partial charge on any atom is -0.349 e. The van der Waals surface area contributed by atoms with Gasteiger partial charge in [0.15, 0.2) is 0 Å². The van der Waals surface area contributed by atoms with Gasteiger partial charge in [-0.1, -0.05) is 12.8 Å². The Morgan fingerprint density at radius 2 is 1.85 bits per heavy atom. The maximum Gasteiger partial charge on any atom is 0.234 e. The highest BCUT2D eigenvalue weighted by Crippen LogP contribution is 2.29. The van der Waals surface area contributed by atoms with Crippen LogP contribution in [0.25, 0.3) is 0 Å². The number of carbonyl (C=O) groups is 2. The van der Waals surface area contributed by atoms with E-state index in [-0.39, 0.29) is 11.8 Å². The van der Waals surface area contributed by atoms with E-state index in [1.807, 2.05) is 15.6 Å². The Morgan fingerprint density at radius 1 is 1.04 bits per heavy atom. The molecule has 4 rings (SSSR count). The number of piperidine rings is 1. The first-order valence-corrected chi connectivity index (χ1v) is 10.5. The monoisotopic (exact) mass is 373 g/mol. The fraction of sp³-hybridized carbons (Fsp3) is 0.750. The van der Waals surface area contributed by atoms with E-state index < -0.39 is 0 Å². The zero-order valence-corrected chi connectivity index (χ0v) is 16.2. The summed E-state index contributed by atoms with van der Waals surface area (Å²) in [6, 6.07) is 2.05. The molecule has 7 heteroatoms. The molecule has 27 heavy (non-hydrogen) atoms. The number of fused-ring (bicyclic) bond motifs is 1. The molecular formula is C20H31N5O2. The second-order valence-corrected chi connectivity index (χ2v) is 8.20. The van der Waals surface area contributed by atoms with E-state index in [0.29, 0.717) is 25.5 Å². The summed E-state index contributed by atoms with van der Waals surface area (Å²) in [6.07, 6.45) is 7.87. The number of carbonyl (C=O) groups excluding carboxylic acids is 2. The molecule has 7 nitrogen and oxygen atoms in total. The molecule has 0 aromatic carbocycles. The molecule has 148 valence electrons. The summed E-state index contributed by atoms with van der Waals surface area (Å²) >= 11 is 0. The molecule has 0 atom stereocenters. The Hall–Kier alpha value is -1.89. The van der Waals surface area contributed by atoms with Crippen LogP contribution in [0.15, 0.2) is 6.07 Å². The van der Waals surface area contributed by atoms with Gasteiger partial charge in [-0.05, 0) is 51.3 Å². The summed E-state index contributed by atoms with van der Waals surface area (Å²) < 4.78 is 2.01. The maximum absolute atomic E-state index is 12.6. The third kappa shape index (κ3) is 4.51. The number of hydrogen-bond acceptors (Lipinski definition) is 4. The average molecular weight is 374 g/mol. The summed E-state index contributed by atoms with van der Waals surface area (Å²) in [5.41, 5.74) is 1.97. The number of hydrogen-bond donors (Lipinski definition) is 1. The molecule has 2 fully saturated rings. The van der Waals surface area contributed by atoms with Gasteiger partial charge in [-0.15, -0.1) is 0 Å². The van der Waals surface area contributed by atoms with E-state index in [9.17, 15) is 9.59 Å². The number of likely N-dealkylation sites (tertiary alicyclic amines) is 1. The van der Waals surface area contributed by atoms with Crippen LogP contribution in [0, 0.1) is 5.92 Å². The summed E-state index contributed by atoms with van der Waals surface area (Å²) in [5.74, 6) is 0.627. The Labute approximate surface area is 161 Å². The van der Waals surface area contributed by atoms with Crippen LogP contribution in [-0.4, -0.2) is 57.6 Å². The van der Waals surface area contributed by atoms with Gasteiger partial charge in [0.1, 0.15) is 0 Å². The first-order valence-electron chi connectivity index (χ1n) is 10.5. The molecule has 1 aromatic rings. The molecule has 1 saturated heterocycles. The number of nitrogens with one attached hydrogen (secondary N) is 1. The van der Waals surface area contributed by atoms with Gasteiger partial charge in [0.2, 0.25) is 11.8 Å². The molecule has 3 aliphatic rings. The minimum atomic E-state index is 0.0712. The van der Waals surface area contributed by atoms with Crippen molar-refractivity contribution in [2.45, 2.75) is 64.6 Å². The molecule has 0 bridgehead atoms. The van der Waals surface area contributed by atoms with Gasteiger partial charge in [0.05, 0.1) is 31.0 Å². The summed E-state index contributed by atoms with van der Waals surface area (Å²) in [4.78, 5) is 29.0. The van der Waals surface area contributed by atoms with Crippen molar-refractivity contribution in [2.24, 2.45) is 5.92 Å². The highest BCUT2D eigenvalue weighted by molar-refractivity contribution is 5.79. The molecule has 0 unspecified atom stereocenters. The fourth-order valence-electron chi connectivity index (χ4n) is 4.28. The molecule has 0 spiro atoms. The second-order valence-electron chi connectivity index (χ2n) is 8.20. The van der Waals surface area contributed by atoms with Crippen LogP contribution in [0.5, 0.6) is 0 Å². The van der Waals surface area contributed by atoms with Gasteiger partial charge in [-0.3, -0.25) is 19.2 Å². The van der Waals surface area contributed by atoms with Gasteiger partial charge >= 0.3 is 0 Å². The largest absolute Gasteiger partial charge is 0.349 e. The standard InChI is InChI=1S/C20H31N5O2/c26-19(15-23-8-2-1-3-9-23)21-13-17-12-18-14-24(10-5-11-25(18)22-17)20(27)16-6-4-7-16/h12,16H,1-11,13-15H2,(H,21,26). The Kier molecular flexibility index (Phi) is 5.76. The predicted octanol–water partition coefficient (Wildman–Crippen LogP) is 1.52. The van der Waals surface area contributed by atoms with Gasteiger partial charge < -0.3 is 10.2 Å². The van der Waals surface area contributed by atoms with Crippen LogP contribution in [0.2, 0.25) is 0 Å². The molecule has 1 saturated carbocycles. The Morgan fingerprint density at radius 3 is 2.59 bits per heavy atom. The summed E-state index contributed by atoms with van der Waals surface area (Å²) in [5, 5.41) is 7.66. The molecule has 3 heterocycles. The first kappa shape index (κ1) is 18.5. The van der Waals surface area contributed by atoms with Crippen LogP contribution >= 0.6 is 0 Å². The van der Waals surface area contributed by atoms with Gasteiger partial charge in [0.25, 0.3) is 0 Å². The molecular weight excluding hydrogens is 342 g/mol. The lowest BCUT2D eigenvalue weighted by molar-refractivity contribution is -0.138. The zero-order valence-electron chi connectivity index (χ0n) is 16.2. The third-order valence-electron chi connectivity index (χ3n) is 6.11. The van der Waals surface area contributed by atoms with E-state index in [1.165, 1.54) is 25.7 Å². The number of aryl methyl sites for hydroxylation is 1. The summed E-state index contributed by atoms with van der Waals surface area (Å²) in [7, 11) is 0. The van der Waals surface area contributed by atoms with Crippen molar-refractivity contribution in [1.82, 2.24) is 24.9 Å². The van der Waals surface area contributed by atoms with Crippen molar-refractivity contribution in [2.75, 3.05) is 26.2 Å². The highest BCUT2D eigenvalue weighted by Gasteiger charge is 2.30. The van der Waals surface area contributed by atoms with Crippen LogP contribution in [0.3, 0.4) is 0 Å². The second kappa shape index (κ2) is 8.42. The van der Waals surface area contributed by atoms with E-state index >= 15 is 0 Å². The van der Waals surface area contributed by atoms with Crippen LogP contribution in [0.1, 0.15) is 56.3 Å². The van der Waals surface area contributed by atoms with Crippen molar-refractivity contribution < 1.29 is 9.59 Å². The molecule has 0 radical (unpaired) electrons. The van der Waals surface area contributed by atoms with E-state index in [0.717, 1.165) is 56.8 Å². The van der Waals surface area contributed by atoms with Crippen molar-refractivity contribution in [3.63, 3.8) is 0 Å². The lowest BCUT2D eigenvalue weighted by Gasteiger charge is -2.30. The summed E-state index contributed by atoms with van der Waals surface area (Å²) in [6.45, 7) is 5.30. The Balaban J connectivity index is 1.30. The van der Waals surface area contributed by atoms with Crippen LogP contribution < -0.4 is 5.32 Å². The van der Waals surface area contributed by atoms with Crippen molar-refractivity contribution in [1.29, 1.82) is 0 Å². The average Bonchev–Trinajstić information content (AvgIpc) is 2.89. The normalized spacial score (nSPS) is 21.3. The maximum atomic E-state index is 12.6. The Bertz CT molecular complexity index is 676. The number of rotatable bonds is 5. The van der Waals surface area contributed by atoms with E-state index in [2.05, 4.69) is 15.3 Å². The quantitative estimate of drug-likeness (QED) is 0.850. The molecule has 2 aliphatic heterocycles. The van der Waals surface area contributed by atoms with E-state index in [4.69, 9.17) is 0 Å². The number of amides is 2. The predicted molar refractivity (Wildman–Crippen MR) is 102 cm³/mol. The SMILES string of the molecule is O=C(CN1CCCCC1)NCc1cc2n(n1)CCCN(C(=O)C1CCC1)C2. The number of nitrogens with zero attached hydrogens (tertiary/aromatic N) is 4. The highest BCUT2D eigenvalue weighted by atomic mass is 16.2. The number of aromatic nitrogens is 2. The van der Waals surface area contributed by atoms with Gasteiger partial charge in [-0.2, -0.15) is 5.10 Å². The van der Waals surface area contributed by atoms with Crippen molar-refractivity contribution >= 4 is 11.8 Å². The van der Waals surface area contributed by atoms with Crippen LogP contribution in [-0.2, 0) is 29.2 Å². The van der Waals surface area contributed by atoms with Gasteiger partial charge in [0, 0.05) is 19.0 Å². The van der Waals surface area contributed by atoms with Gasteiger partial charge in [-0.25, -0.2) is 0 Å². The molecule has 1 aliphatic carbocycles. The third-order valence-corrected chi connectivity index (χ3v) is 6.11. The minimum absolute atomic E-state index is 0.0712. The fourth-order valence-corrected chi connectivity index (χ4v) is 4.28. The lowest BCUT2D eigenvalue weighted by Crippen LogP contribution is -2.39. The van der Waals surface area contributed by atoms with Crippen molar-refractivity contribution in [3.8, 4) is 0 Å². The molecule has 2 amide bonds. The lowest BCUT2D eigenvalue weighted by atomic mass is 9.84. The molecule has 1 N–H and O–H groups in total. The smallest absolute Gasteiger partial charge is 0.234 e. The van der Waals surface area contributed by atoms with Crippen molar-refractivity contribution in [3.05, 3.63) is 17.5 Å². The zero-order chi connectivity index (χ0) is 18.6.